The van der Waals surface area contributed by atoms with E-state index in [2.05, 4.69) is 32.2 Å². The van der Waals surface area contributed by atoms with Crippen LogP contribution in [0.5, 0.6) is 0 Å². The van der Waals surface area contributed by atoms with Crippen molar-refractivity contribution in [2.75, 3.05) is 5.32 Å². The Labute approximate surface area is 129 Å². The third-order valence-corrected chi connectivity index (χ3v) is 4.48. The lowest BCUT2D eigenvalue weighted by Crippen LogP contribution is -2.08. The molecule has 0 bridgehead atoms. The van der Waals surface area contributed by atoms with Crippen LogP contribution in [0.4, 0.5) is 5.82 Å². The highest BCUT2D eigenvalue weighted by molar-refractivity contribution is 7.16. The Bertz CT molecular complexity index is 1020. The fraction of sp³-hybridized carbons (Fsp3) is 0.133. The number of hydrogen-bond donors (Lipinski definition) is 3. The van der Waals surface area contributed by atoms with Crippen molar-refractivity contribution in [1.82, 2.24) is 19.9 Å². The zero-order valence-corrected chi connectivity index (χ0v) is 12.6. The molecular formula is C15H13N5OS. The molecule has 6 nitrogen and oxygen atoms in total. The van der Waals surface area contributed by atoms with Gasteiger partial charge in [-0.3, -0.25) is 0 Å². The van der Waals surface area contributed by atoms with Gasteiger partial charge in [0, 0.05) is 0 Å². The monoisotopic (exact) mass is 311 g/mol. The van der Waals surface area contributed by atoms with Gasteiger partial charge in [-0.1, -0.05) is 6.07 Å². The molecule has 3 heterocycles. The first-order chi connectivity index (χ1) is 10.7. The maximum absolute atomic E-state index is 11.3. The fourth-order valence-corrected chi connectivity index (χ4v) is 3.25. The molecule has 3 aromatic heterocycles. The van der Waals surface area contributed by atoms with Gasteiger partial charge in [0.15, 0.2) is 0 Å². The molecular weight excluding hydrogens is 298 g/mol. The summed E-state index contributed by atoms with van der Waals surface area (Å²) in [5.41, 5.74) is 2.50. The average molecular weight is 311 g/mol. The zero-order valence-electron chi connectivity index (χ0n) is 11.8. The smallest absolute Gasteiger partial charge is 0.323 e. The van der Waals surface area contributed by atoms with E-state index in [9.17, 15) is 4.79 Å². The highest BCUT2D eigenvalue weighted by Gasteiger charge is 2.11. The molecule has 0 aliphatic carbocycles. The van der Waals surface area contributed by atoms with Crippen molar-refractivity contribution < 1.29 is 0 Å². The van der Waals surface area contributed by atoms with Gasteiger partial charge in [0.05, 0.1) is 22.5 Å². The van der Waals surface area contributed by atoms with E-state index < -0.39 is 0 Å². The normalized spacial score (nSPS) is 12.8. The summed E-state index contributed by atoms with van der Waals surface area (Å²) >= 11 is 1.59. The number of aromatic nitrogens is 4. The van der Waals surface area contributed by atoms with E-state index in [-0.39, 0.29) is 11.7 Å². The molecule has 7 heteroatoms. The Balaban J connectivity index is 1.69. The molecule has 0 aliphatic heterocycles. The topological polar surface area (TPSA) is 86.5 Å². The van der Waals surface area contributed by atoms with Gasteiger partial charge in [0.1, 0.15) is 17.0 Å². The van der Waals surface area contributed by atoms with Crippen molar-refractivity contribution in [3.63, 3.8) is 0 Å². The van der Waals surface area contributed by atoms with Gasteiger partial charge in [-0.15, -0.1) is 11.3 Å². The van der Waals surface area contributed by atoms with Gasteiger partial charge in [0.25, 0.3) is 0 Å². The Morgan fingerprint density at radius 1 is 1.18 bits per heavy atom. The summed E-state index contributed by atoms with van der Waals surface area (Å²) in [4.78, 5) is 26.4. The van der Waals surface area contributed by atoms with Crippen LogP contribution in [0.15, 0.2) is 40.8 Å². The van der Waals surface area contributed by atoms with E-state index in [0.717, 1.165) is 32.6 Å². The minimum Gasteiger partial charge on any atom is -0.363 e. The van der Waals surface area contributed by atoms with E-state index in [0.29, 0.717) is 0 Å². The second kappa shape index (κ2) is 4.96. The maximum atomic E-state index is 11.3. The lowest BCUT2D eigenvalue weighted by Gasteiger charge is -2.15. The molecule has 0 radical (unpaired) electrons. The summed E-state index contributed by atoms with van der Waals surface area (Å²) in [5.74, 6) is 0.821. The Kier molecular flexibility index (Phi) is 2.93. The fourth-order valence-electron chi connectivity index (χ4n) is 2.51. The van der Waals surface area contributed by atoms with Crippen LogP contribution in [0.3, 0.4) is 0 Å². The predicted octanol–water partition coefficient (Wildman–Crippen LogP) is 3.03. The Morgan fingerprint density at radius 3 is 2.95 bits per heavy atom. The van der Waals surface area contributed by atoms with Gasteiger partial charge in [-0.2, -0.15) is 0 Å². The maximum Gasteiger partial charge on any atom is 0.323 e. The molecule has 0 spiro atoms. The molecule has 4 aromatic rings. The molecule has 1 aromatic carbocycles. The number of thiophene rings is 1. The average Bonchev–Trinajstić information content (AvgIpc) is 3.11. The van der Waals surface area contributed by atoms with Crippen LogP contribution >= 0.6 is 11.3 Å². The van der Waals surface area contributed by atoms with Crippen LogP contribution in [0.1, 0.15) is 18.5 Å². The molecule has 1 atom stereocenters. The van der Waals surface area contributed by atoms with Crippen molar-refractivity contribution in [3.8, 4) is 0 Å². The molecule has 0 amide bonds. The van der Waals surface area contributed by atoms with Crippen molar-refractivity contribution in [2.24, 2.45) is 0 Å². The summed E-state index contributed by atoms with van der Waals surface area (Å²) in [6, 6.07) is 7.94. The largest absolute Gasteiger partial charge is 0.363 e. The summed E-state index contributed by atoms with van der Waals surface area (Å²) in [6.07, 6.45) is 1.57. The number of aromatic amines is 2. The molecule has 0 fully saturated rings. The van der Waals surface area contributed by atoms with Crippen LogP contribution in [0.25, 0.3) is 21.3 Å². The molecule has 0 saturated heterocycles. The van der Waals surface area contributed by atoms with Gasteiger partial charge < -0.3 is 15.3 Å². The first-order valence-corrected chi connectivity index (χ1v) is 7.75. The van der Waals surface area contributed by atoms with Crippen molar-refractivity contribution in [3.05, 3.63) is 52.0 Å². The van der Waals surface area contributed by atoms with Crippen LogP contribution in [0.2, 0.25) is 0 Å². The molecule has 0 aliphatic rings. The number of fused-ring (bicyclic) bond motifs is 2. The highest BCUT2D eigenvalue weighted by atomic mass is 32.1. The third-order valence-electron chi connectivity index (χ3n) is 3.65. The highest BCUT2D eigenvalue weighted by Crippen LogP contribution is 2.27. The molecule has 4 rings (SSSR count). The minimum absolute atomic E-state index is 0.0563. The number of H-pyrrole nitrogens is 2. The quantitative estimate of drug-likeness (QED) is 0.543. The van der Waals surface area contributed by atoms with Crippen LogP contribution in [0, 0.1) is 0 Å². The Morgan fingerprint density at radius 2 is 2.05 bits per heavy atom. The number of hydrogen-bond acceptors (Lipinski definition) is 5. The number of rotatable bonds is 3. The predicted molar refractivity (Wildman–Crippen MR) is 88.4 cm³/mol. The second-order valence-electron chi connectivity index (χ2n) is 5.11. The number of imidazole rings is 1. The first kappa shape index (κ1) is 13.0. The van der Waals surface area contributed by atoms with Gasteiger partial charge in [-0.05, 0) is 36.1 Å². The van der Waals surface area contributed by atoms with E-state index >= 15 is 0 Å². The lowest BCUT2D eigenvalue weighted by atomic mass is 10.1. The Hall–Kier alpha value is -2.67. The molecule has 22 heavy (non-hydrogen) atoms. The SMILES string of the molecule is CC(Nc1ncnc2sccc12)c1ccc2[nH]c(=O)[nH]c2c1. The van der Waals surface area contributed by atoms with Crippen LogP contribution in [-0.4, -0.2) is 19.9 Å². The number of nitrogens with zero attached hydrogens (tertiary/aromatic N) is 2. The summed E-state index contributed by atoms with van der Waals surface area (Å²) < 4.78 is 0. The summed E-state index contributed by atoms with van der Waals surface area (Å²) in [5, 5.41) is 6.44. The van der Waals surface area contributed by atoms with Crippen LogP contribution < -0.4 is 11.0 Å². The molecule has 1 unspecified atom stereocenters. The van der Waals surface area contributed by atoms with Gasteiger partial charge in [-0.25, -0.2) is 14.8 Å². The van der Waals surface area contributed by atoms with E-state index in [4.69, 9.17) is 0 Å². The standard InChI is InChI=1S/C15H13N5OS/c1-8(9-2-3-11-12(6-9)20-15(21)19-11)18-13-10-4-5-22-14(10)17-7-16-13/h2-8H,1H3,(H,16,17,18)(H2,19,20,21). The number of benzene rings is 1. The van der Waals surface area contributed by atoms with E-state index in [1.807, 2.05) is 29.6 Å². The number of anilines is 1. The molecule has 110 valence electrons. The second-order valence-corrected chi connectivity index (χ2v) is 6.01. The van der Waals surface area contributed by atoms with Gasteiger partial charge >= 0.3 is 5.69 Å². The summed E-state index contributed by atoms with van der Waals surface area (Å²) in [7, 11) is 0. The van der Waals surface area contributed by atoms with E-state index in [1.165, 1.54) is 0 Å². The first-order valence-electron chi connectivity index (χ1n) is 6.87. The molecule has 3 N–H and O–H groups in total. The minimum atomic E-state index is -0.191. The van der Waals surface area contributed by atoms with Crippen molar-refractivity contribution in [2.45, 2.75) is 13.0 Å². The third kappa shape index (κ3) is 2.15. The van der Waals surface area contributed by atoms with Crippen molar-refractivity contribution in [1.29, 1.82) is 0 Å². The lowest BCUT2D eigenvalue weighted by molar-refractivity contribution is 0.877. The van der Waals surface area contributed by atoms with Gasteiger partial charge in [0.2, 0.25) is 0 Å². The zero-order chi connectivity index (χ0) is 15.1. The van der Waals surface area contributed by atoms with Crippen molar-refractivity contribution >= 4 is 38.4 Å². The molecule has 0 saturated carbocycles. The van der Waals surface area contributed by atoms with E-state index in [1.54, 1.807) is 17.7 Å². The van der Waals surface area contributed by atoms with Crippen LogP contribution in [-0.2, 0) is 0 Å². The number of nitrogens with one attached hydrogen (secondary N) is 3. The summed E-state index contributed by atoms with van der Waals surface area (Å²) in [6.45, 7) is 2.06.